The highest BCUT2D eigenvalue weighted by molar-refractivity contribution is 9.10. The molecule has 2 aromatic heterocycles. The second-order valence-corrected chi connectivity index (χ2v) is 9.18. The number of hydrogen-bond acceptors (Lipinski definition) is 7. The number of nitrogens with one attached hydrogen (secondary N) is 1. The van der Waals surface area contributed by atoms with Gasteiger partial charge >= 0.3 is 0 Å². The van der Waals surface area contributed by atoms with Crippen LogP contribution in [0.1, 0.15) is 36.4 Å². The number of thioether (sulfide) groups is 1. The molecule has 3 heterocycles. The average Bonchev–Trinajstić information content (AvgIpc) is 3.02. The zero-order chi connectivity index (χ0) is 18.8. The van der Waals surface area contributed by atoms with Crippen LogP contribution in [0.2, 0.25) is 0 Å². The summed E-state index contributed by atoms with van der Waals surface area (Å²) in [6.45, 7) is 4.27. The van der Waals surface area contributed by atoms with Gasteiger partial charge in [0, 0.05) is 21.5 Å². The van der Waals surface area contributed by atoms with Gasteiger partial charge in [-0.1, -0.05) is 41.0 Å². The van der Waals surface area contributed by atoms with Crippen LogP contribution in [0.25, 0.3) is 11.3 Å². The van der Waals surface area contributed by atoms with Crippen molar-refractivity contribution < 1.29 is 4.74 Å². The first-order valence-corrected chi connectivity index (χ1v) is 11.5. The number of nitrogens with zero attached hydrogens (tertiary/aromatic N) is 3. The molecular formula is C19H19BrN4OS2. The molecule has 0 unspecified atom stereocenters. The first-order chi connectivity index (χ1) is 13.2. The normalized spacial score (nSPS) is 15.3. The Labute approximate surface area is 175 Å². The van der Waals surface area contributed by atoms with Crippen molar-refractivity contribution in [3.05, 3.63) is 44.6 Å². The van der Waals surface area contributed by atoms with Crippen LogP contribution in [0.5, 0.6) is 5.88 Å². The number of fused-ring (bicyclic) bond motifs is 3. The predicted octanol–water partition coefficient (Wildman–Crippen LogP) is 6.07. The number of rotatable bonds is 5. The number of ether oxygens (including phenoxy) is 1. The second-order valence-electron chi connectivity index (χ2n) is 6.25. The summed E-state index contributed by atoms with van der Waals surface area (Å²) in [5.74, 6) is 1.50. The molecule has 0 amide bonds. The molecule has 4 rings (SSSR count). The van der Waals surface area contributed by atoms with Crippen LogP contribution in [0.3, 0.4) is 0 Å². The summed E-state index contributed by atoms with van der Waals surface area (Å²) < 4.78 is 7.28. The zero-order valence-corrected chi connectivity index (χ0v) is 18.2. The third kappa shape index (κ3) is 3.97. The number of halogens is 1. The van der Waals surface area contributed by atoms with E-state index in [1.165, 1.54) is 5.56 Å². The van der Waals surface area contributed by atoms with Gasteiger partial charge in [-0.15, -0.1) is 21.5 Å². The van der Waals surface area contributed by atoms with Crippen LogP contribution < -0.4 is 10.1 Å². The highest BCUT2D eigenvalue weighted by Gasteiger charge is 2.27. The molecule has 0 spiro atoms. The smallest absolute Gasteiger partial charge is 0.247 e. The minimum absolute atomic E-state index is 0.309. The van der Waals surface area contributed by atoms with E-state index < -0.39 is 0 Å². The van der Waals surface area contributed by atoms with Crippen molar-refractivity contribution >= 4 is 44.7 Å². The number of aryl methyl sites for hydroxylation is 1. The van der Waals surface area contributed by atoms with Gasteiger partial charge in [0.15, 0.2) is 5.69 Å². The van der Waals surface area contributed by atoms with E-state index >= 15 is 0 Å². The summed E-state index contributed by atoms with van der Waals surface area (Å²) in [4.78, 5) is 5.81. The van der Waals surface area contributed by atoms with E-state index in [1.807, 2.05) is 18.2 Å². The third-order valence-electron chi connectivity index (χ3n) is 4.26. The summed E-state index contributed by atoms with van der Waals surface area (Å²) in [5, 5.41) is 15.0. The Morgan fingerprint density at radius 3 is 2.96 bits per heavy atom. The summed E-state index contributed by atoms with van der Waals surface area (Å²) in [5.41, 5.74) is 3.74. The van der Waals surface area contributed by atoms with Crippen LogP contribution in [0.15, 0.2) is 39.3 Å². The van der Waals surface area contributed by atoms with Crippen molar-refractivity contribution in [1.82, 2.24) is 15.2 Å². The van der Waals surface area contributed by atoms with Crippen LogP contribution in [-0.2, 0) is 0 Å². The molecule has 3 aromatic rings. The van der Waals surface area contributed by atoms with Crippen molar-refractivity contribution in [2.24, 2.45) is 0 Å². The van der Waals surface area contributed by atoms with E-state index in [4.69, 9.17) is 4.74 Å². The Hall–Kier alpha value is -1.64. The summed E-state index contributed by atoms with van der Waals surface area (Å²) in [7, 11) is 0. The average molecular weight is 463 g/mol. The lowest BCUT2D eigenvalue weighted by atomic mass is 10.1. The first kappa shape index (κ1) is 18.7. The van der Waals surface area contributed by atoms with Gasteiger partial charge in [-0.2, -0.15) is 4.98 Å². The maximum absolute atomic E-state index is 6.31. The summed E-state index contributed by atoms with van der Waals surface area (Å²) >= 11 is 6.84. The van der Waals surface area contributed by atoms with Gasteiger partial charge in [0.05, 0.1) is 4.88 Å². The fourth-order valence-corrected chi connectivity index (χ4v) is 4.94. The van der Waals surface area contributed by atoms with Gasteiger partial charge in [-0.3, -0.25) is 0 Å². The Morgan fingerprint density at radius 1 is 1.30 bits per heavy atom. The molecule has 0 radical (unpaired) electrons. The van der Waals surface area contributed by atoms with Crippen molar-refractivity contribution in [1.29, 1.82) is 0 Å². The number of benzene rings is 1. The molecule has 27 heavy (non-hydrogen) atoms. The van der Waals surface area contributed by atoms with Crippen molar-refractivity contribution in [2.45, 2.75) is 38.1 Å². The van der Waals surface area contributed by atoms with Crippen molar-refractivity contribution in [3.8, 4) is 17.1 Å². The molecule has 1 aliphatic rings. The predicted molar refractivity (Wildman–Crippen MR) is 115 cm³/mol. The van der Waals surface area contributed by atoms with Gasteiger partial charge in [0.2, 0.25) is 17.3 Å². The molecule has 1 atom stereocenters. The summed E-state index contributed by atoms with van der Waals surface area (Å²) in [6, 6.07) is 8.16. The number of unbranched alkanes of at least 4 members (excludes halogenated alkanes) is 1. The van der Waals surface area contributed by atoms with E-state index in [0.717, 1.165) is 39.2 Å². The lowest BCUT2D eigenvalue weighted by molar-refractivity contribution is 0.228. The van der Waals surface area contributed by atoms with Gasteiger partial charge < -0.3 is 10.1 Å². The van der Waals surface area contributed by atoms with Gasteiger partial charge in [0.1, 0.15) is 0 Å². The monoisotopic (exact) mass is 462 g/mol. The number of aromatic nitrogens is 3. The fourth-order valence-electron chi connectivity index (χ4n) is 2.81. The van der Waals surface area contributed by atoms with E-state index in [-0.39, 0.29) is 6.23 Å². The maximum atomic E-state index is 6.31. The van der Waals surface area contributed by atoms with Crippen LogP contribution in [0.4, 0.5) is 5.69 Å². The largest absolute Gasteiger partial charge is 0.447 e. The quantitative estimate of drug-likeness (QED) is 0.366. The number of hydrogen-bond donors (Lipinski definition) is 1. The lowest BCUT2D eigenvalue weighted by Crippen LogP contribution is -2.16. The minimum Gasteiger partial charge on any atom is -0.447 e. The first-order valence-electron chi connectivity index (χ1n) is 8.80. The van der Waals surface area contributed by atoms with Gasteiger partial charge in [-0.25, -0.2) is 0 Å². The van der Waals surface area contributed by atoms with Crippen molar-refractivity contribution in [2.75, 3.05) is 11.1 Å². The number of thiophene rings is 1. The lowest BCUT2D eigenvalue weighted by Gasteiger charge is -2.18. The molecule has 1 aromatic carbocycles. The molecule has 0 saturated carbocycles. The van der Waals surface area contributed by atoms with E-state index in [0.29, 0.717) is 16.7 Å². The molecule has 0 aliphatic carbocycles. The molecule has 0 saturated heterocycles. The van der Waals surface area contributed by atoms with E-state index in [9.17, 15) is 0 Å². The molecule has 140 valence electrons. The van der Waals surface area contributed by atoms with E-state index in [2.05, 4.69) is 61.7 Å². The highest BCUT2D eigenvalue weighted by atomic mass is 79.9. The molecule has 1 N–H and O–H groups in total. The topological polar surface area (TPSA) is 59.9 Å². The van der Waals surface area contributed by atoms with Crippen molar-refractivity contribution in [3.63, 3.8) is 0 Å². The van der Waals surface area contributed by atoms with Gasteiger partial charge in [0.25, 0.3) is 0 Å². The number of anilines is 1. The molecular weight excluding hydrogens is 444 g/mol. The Balaban J connectivity index is 1.77. The SMILES string of the molecule is CCCCSc1nnc2c(n1)O[C@@H](c1sccc1C)Nc1ccc(Br)cc1-2. The third-order valence-corrected chi connectivity index (χ3v) is 6.74. The Kier molecular flexibility index (Phi) is 5.66. The fraction of sp³-hybridized carbons (Fsp3) is 0.316. The Bertz CT molecular complexity index is 963. The molecule has 0 fully saturated rings. The second kappa shape index (κ2) is 8.16. The molecule has 5 nitrogen and oxygen atoms in total. The van der Waals surface area contributed by atoms with Crippen LogP contribution in [0, 0.1) is 6.92 Å². The molecule has 0 bridgehead atoms. The molecule has 1 aliphatic heterocycles. The standard InChI is InChI=1S/C19H19BrN4OS2/c1-3-4-8-27-19-22-17-15(23-24-19)13-10-12(20)5-6-14(13)21-18(25-17)16-11(2)7-9-26-16/h5-7,9-10,18,21H,3-4,8H2,1-2H3/t18-/m0/s1. The van der Waals surface area contributed by atoms with Crippen LogP contribution >= 0.6 is 39.0 Å². The van der Waals surface area contributed by atoms with E-state index in [1.54, 1.807) is 23.1 Å². The minimum atomic E-state index is -0.309. The molecule has 8 heteroatoms. The maximum Gasteiger partial charge on any atom is 0.247 e. The summed E-state index contributed by atoms with van der Waals surface area (Å²) in [6.07, 6.45) is 1.96. The zero-order valence-electron chi connectivity index (χ0n) is 15.0. The van der Waals surface area contributed by atoms with Gasteiger partial charge in [-0.05, 0) is 48.6 Å². The van der Waals surface area contributed by atoms with Crippen LogP contribution in [-0.4, -0.2) is 20.9 Å². The highest BCUT2D eigenvalue weighted by Crippen LogP contribution is 2.42. The Morgan fingerprint density at radius 2 is 2.19 bits per heavy atom.